The molecule has 33 heavy (non-hydrogen) atoms. The van der Waals surface area contributed by atoms with Crippen LogP contribution in [0.3, 0.4) is 0 Å². The second-order valence-corrected chi connectivity index (χ2v) is 14.2. The highest BCUT2D eigenvalue weighted by atomic mass is 16.1. The van der Waals surface area contributed by atoms with Gasteiger partial charge in [0.05, 0.1) is 11.5 Å². The molecule has 0 spiro atoms. The summed E-state index contributed by atoms with van der Waals surface area (Å²) >= 11 is 0. The predicted octanol–water partition coefficient (Wildman–Crippen LogP) is 7.04. The van der Waals surface area contributed by atoms with Crippen LogP contribution in [0.5, 0.6) is 0 Å². The summed E-state index contributed by atoms with van der Waals surface area (Å²) in [5, 5.41) is 13.8. The van der Waals surface area contributed by atoms with Gasteiger partial charge in [-0.15, -0.1) is 0 Å². The molecule has 3 heteroatoms. The van der Waals surface area contributed by atoms with Gasteiger partial charge in [-0.2, -0.15) is 5.26 Å². The van der Waals surface area contributed by atoms with Gasteiger partial charge in [-0.1, -0.05) is 32.9 Å². The van der Waals surface area contributed by atoms with Gasteiger partial charge in [-0.3, -0.25) is 4.79 Å². The molecular weight excluding hydrogens is 404 g/mol. The van der Waals surface area contributed by atoms with Crippen LogP contribution in [0, 0.1) is 62.6 Å². The first kappa shape index (κ1) is 23.4. The molecule has 9 atom stereocenters. The molecule has 0 unspecified atom stereocenters. The lowest BCUT2D eigenvalue weighted by atomic mass is 9.33. The average Bonchev–Trinajstić information content (AvgIpc) is 3.09. The molecule has 4 aliphatic carbocycles. The van der Waals surface area contributed by atoms with Gasteiger partial charge in [-0.05, 0) is 124 Å². The zero-order valence-corrected chi connectivity index (χ0v) is 22.0. The maximum absolute atomic E-state index is 12.7. The third-order valence-electron chi connectivity index (χ3n) is 12.8. The molecule has 0 aromatic carbocycles. The summed E-state index contributed by atoms with van der Waals surface area (Å²) in [6.07, 6.45) is 11.1. The van der Waals surface area contributed by atoms with E-state index in [1.165, 1.54) is 37.7 Å². The standard InChI is InChI=1S/C30H46N2O/c1-19(2)20-10-15-30(18-31)17-16-28(6)21(25(20)30)8-9-23-27(5)13-12-24(33)32-26(3,4)22(27)11-14-29(23,28)7/h20-23,25H,1,8-17H2,2-7H3,(H,32,33)/t20-,21+,22-,23+,25+,27-,28+,29+,30+/m0/s1. The van der Waals surface area contributed by atoms with Crippen molar-refractivity contribution in [2.75, 3.05) is 0 Å². The summed E-state index contributed by atoms with van der Waals surface area (Å²) in [5.74, 6) is 3.04. The van der Waals surface area contributed by atoms with Crippen molar-refractivity contribution in [3.63, 3.8) is 0 Å². The van der Waals surface area contributed by atoms with E-state index in [4.69, 9.17) is 0 Å². The molecule has 1 aliphatic heterocycles. The van der Waals surface area contributed by atoms with Crippen LogP contribution >= 0.6 is 0 Å². The van der Waals surface area contributed by atoms with Crippen LogP contribution in [0.1, 0.15) is 106 Å². The zero-order valence-electron chi connectivity index (χ0n) is 22.0. The van der Waals surface area contributed by atoms with E-state index in [2.05, 4.69) is 59.5 Å². The summed E-state index contributed by atoms with van der Waals surface area (Å²) in [6, 6.07) is 2.89. The van der Waals surface area contributed by atoms with Gasteiger partial charge >= 0.3 is 0 Å². The van der Waals surface area contributed by atoms with Crippen molar-refractivity contribution in [3.05, 3.63) is 12.2 Å². The molecule has 3 nitrogen and oxygen atoms in total. The lowest BCUT2D eigenvalue weighted by Crippen LogP contribution is -2.66. The molecule has 0 aromatic heterocycles. The van der Waals surface area contributed by atoms with E-state index >= 15 is 0 Å². The Kier molecular flexibility index (Phi) is 5.05. The van der Waals surface area contributed by atoms with Crippen LogP contribution in [-0.2, 0) is 4.79 Å². The van der Waals surface area contributed by atoms with E-state index in [0.29, 0.717) is 36.0 Å². The Morgan fingerprint density at radius 3 is 2.33 bits per heavy atom. The molecule has 182 valence electrons. The Bertz CT molecular complexity index is 915. The lowest BCUT2D eigenvalue weighted by molar-refractivity contribution is -0.218. The molecule has 0 bridgehead atoms. The highest BCUT2D eigenvalue weighted by molar-refractivity contribution is 5.77. The molecule has 4 saturated carbocycles. The van der Waals surface area contributed by atoms with Crippen LogP contribution < -0.4 is 5.32 Å². The monoisotopic (exact) mass is 450 g/mol. The fourth-order valence-electron chi connectivity index (χ4n) is 11.1. The van der Waals surface area contributed by atoms with Crippen LogP contribution in [0.15, 0.2) is 12.2 Å². The number of amides is 1. The minimum atomic E-state index is -0.138. The minimum absolute atomic E-state index is 0.126. The Hall–Kier alpha value is -1.30. The molecule has 5 fully saturated rings. The SMILES string of the molecule is C=C(C)[C@@H]1CC[C@]2(C#N)CC[C@]3(C)[C@H](CC[C@@H]4[C@@]5(C)CCC(=O)NC(C)(C)[C@@H]5CC[C@]43C)[C@@H]12. The third-order valence-corrected chi connectivity index (χ3v) is 12.8. The second-order valence-electron chi connectivity index (χ2n) is 14.2. The van der Waals surface area contributed by atoms with Crippen molar-refractivity contribution >= 4 is 5.91 Å². The number of hydrogen-bond acceptors (Lipinski definition) is 2. The fraction of sp³-hybridized carbons (Fsp3) is 0.867. The Morgan fingerprint density at radius 1 is 0.939 bits per heavy atom. The van der Waals surface area contributed by atoms with Gasteiger partial charge in [0, 0.05) is 12.0 Å². The van der Waals surface area contributed by atoms with E-state index in [-0.39, 0.29) is 33.1 Å². The summed E-state index contributed by atoms with van der Waals surface area (Å²) in [7, 11) is 0. The number of nitrogens with zero attached hydrogens (tertiary/aromatic N) is 1. The first-order valence-electron chi connectivity index (χ1n) is 13.7. The van der Waals surface area contributed by atoms with Gasteiger partial charge in [0.1, 0.15) is 0 Å². The van der Waals surface area contributed by atoms with Crippen molar-refractivity contribution < 1.29 is 4.79 Å². The molecule has 0 radical (unpaired) electrons. The maximum Gasteiger partial charge on any atom is 0.220 e. The van der Waals surface area contributed by atoms with Crippen molar-refractivity contribution in [1.29, 1.82) is 5.26 Å². The fourth-order valence-corrected chi connectivity index (χ4v) is 11.1. The highest BCUT2D eigenvalue weighted by Crippen LogP contribution is 2.76. The van der Waals surface area contributed by atoms with Gasteiger partial charge in [0.25, 0.3) is 0 Å². The molecule has 1 saturated heterocycles. The highest BCUT2D eigenvalue weighted by Gasteiger charge is 2.70. The van der Waals surface area contributed by atoms with Crippen LogP contribution in [0.2, 0.25) is 0 Å². The zero-order chi connectivity index (χ0) is 24.0. The Labute approximate surface area is 202 Å². The molecule has 0 aromatic rings. The van der Waals surface area contributed by atoms with Crippen molar-refractivity contribution in [3.8, 4) is 6.07 Å². The number of carbonyl (C=O) groups is 1. The number of carbonyl (C=O) groups excluding carboxylic acids is 1. The number of hydrogen-bond donors (Lipinski definition) is 1. The van der Waals surface area contributed by atoms with Crippen LogP contribution in [0.25, 0.3) is 0 Å². The molecule has 1 N–H and O–H groups in total. The molecule has 1 heterocycles. The Balaban J connectivity index is 1.57. The smallest absolute Gasteiger partial charge is 0.220 e. The molecule has 1 amide bonds. The largest absolute Gasteiger partial charge is 0.351 e. The average molecular weight is 451 g/mol. The van der Waals surface area contributed by atoms with Crippen molar-refractivity contribution in [2.24, 2.45) is 51.2 Å². The topological polar surface area (TPSA) is 52.9 Å². The van der Waals surface area contributed by atoms with Gasteiger partial charge < -0.3 is 5.32 Å². The third kappa shape index (κ3) is 2.88. The first-order chi connectivity index (χ1) is 15.3. The predicted molar refractivity (Wildman–Crippen MR) is 133 cm³/mol. The number of fused-ring (bicyclic) bond motifs is 7. The normalized spacial score (nSPS) is 52.8. The quantitative estimate of drug-likeness (QED) is 0.436. The maximum atomic E-state index is 12.7. The minimum Gasteiger partial charge on any atom is -0.351 e. The number of allylic oxidation sites excluding steroid dienone is 1. The number of nitriles is 1. The lowest BCUT2D eigenvalue weighted by Gasteiger charge is -2.71. The van der Waals surface area contributed by atoms with E-state index in [1.807, 2.05) is 0 Å². The van der Waals surface area contributed by atoms with Crippen LogP contribution in [0.4, 0.5) is 0 Å². The van der Waals surface area contributed by atoms with Gasteiger partial charge in [-0.25, -0.2) is 0 Å². The van der Waals surface area contributed by atoms with Crippen molar-refractivity contribution in [1.82, 2.24) is 5.32 Å². The summed E-state index contributed by atoms with van der Waals surface area (Å²) in [5.41, 5.74) is 1.77. The summed E-state index contributed by atoms with van der Waals surface area (Å²) in [6.45, 7) is 18.9. The van der Waals surface area contributed by atoms with E-state index in [1.54, 1.807) is 0 Å². The molecule has 5 rings (SSSR count). The van der Waals surface area contributed by atoms with Crippen molar-refractivity contribution in [2.45, 2.75) is 111 Å². The Morgan fingerprint density at radius 2 is 1.67 bits per heavy atom. The van der Waals surface area contributed by atoms with Gasteiger partial charge in [0.15, 0.2) is 0 Å². The second kappa shape index (κ2) is 7.11. The first-order valence-corrected chi connectivity index (χ1v) is 13.7. The number of rotatable bonds is 1. The number of nitrogens with one attached hydrogen (secondary N) is 1. The van der Waals surface area contributed by atoms with E-state index in [0.717, 1.165) is 25.7 Å². The summed E-state index contributed by atoms with van der Waals surface area (Å²) < 4.78 is 0. The summed E-state index contributed by atoms with van der Waals surface area (Å²) in [4.78, 5) is 12.7. The van der Waals surface area contributed by atoms with E-state index in [9.17, 15) is 10.1 Å². The molecule has 5 aliphatic rings. The van der Waals surface area contributed by atoms with Gasteiger partial charge in [0.2, 0.25) is 5.91 Å². The van der Waals surface area contributed by atoms with E-state index < -0.39 is 0 Å². The molecular formula is C30H46N2O. The van der Waals surface area contributed by atoms with Crippen LogP contribution in [-0.4, -0.2) is 11.4 Å².